The second kappa shape index (κ2) is 9.26. The van der Waals surface area contributed by atoms with Gasteiger partial charge in [-0.05, 0) is 25.2 Å². The molecule has 0 heterocycles. The first-order chi connectivity index (χ1) is 6.74. The van der Waals surface area contributed by atoms with E-state index in [1.165, 1.54) is 31.3 Å². The Bertz CT molecular complexity index is 149. The molecule has 14 heavy (non-hydrogen) atoms. The summed E-state index contributed by atoms with van der Waals surface area (Å²) in [6.45, 7) is 6.66. The molecular formula is C13H25O. The van der Waals surface area contributed by atoms with E-state index in [1.54, 1.807) is 0 Å². The molecule has 0 saturated heterocycles. The van der Waals surface area contributed by atoms with Gasteiger partial charge < -0.3 is 0 Å². The van der Waals surface area contributed by atoms with Crippen LogP contribution in [0.3, 0.4) is 0 Å². The molecule has 0 fully saturated rings. The molecule has 0 aliphatic rings. The van der Waals surface area contributed by atoms with Gasteiger partial charge in [-0.25, -0.2) is 5.11 Å². The first-order valence-electron chi connectivity index (χ1n) is 6.00. The molecule has 0 saturated carbocycles. The molecule has 0 N–H and O–H groups in total. The lowest BCUT2D eigenvalue weighted by Gasteiger charge is -2.10. The number of rotatable bonds is 8. The van der Waals surface area contributed by atoms with Crippen LogP contribution in [0.15, 0.2) is 11.6 Å². The Morgan fingerprint density at radius 2 is 2.00 bits per heavy atom. The van der Waals surface area contributed by atoms with Gasteiger partial charge in [0.15, 0.2) is 0 Å². The minimum atomic E-state index is -0.0479. The van der Waals surface area contributed by atoms with Crippen molar-refractivity contribution in [2.24, 2.45) is 5.92 Å². The highest BCUT2D eigenvalue weighted by Gasteiger charge is 2.01. The Morgan fingerprint density at radius 3 is 2.50 bits per heavy atom. The summed E-state index contributed by atoms with van der Waals surface area (Å²) < 4.78 is 0. The molecule has 0 aromatic carbocycles. The fourth-order valence-electron chi connectivity index (χ4n) is 1.86. The molecule has 0 aliphatic heterocycles. The van der Waals surface area contributed by atoms with Crippen molar-refractivity contribution in [2.45, 2.75) is 59.3 Å². The van der Waals surface area contributed by atoms with Gasteiger partial charge in [0.05, 0.1) is 0 Å². The topological polar surface area (TPSA) is 19.9 Å². The third-order valence-corrected chi connectivity index (χ3v) is 2.80. The first-order valence-corrected chi connectivity index (χ1v) is 6.00. The fourth-order valence-corrected chi connectivity index (χ4v) is 1.86. The van der Waals surface area contributed by atoms with Crippen molar-refractivity contribution in [1.29, 1.82) is 0 Å². The van der Waals surface area contributed by atoms with Crippen molar-refractivity contribution >= 4 is 0 Å². The zero-order chi connectivity index (χ0) is 10.8. The van der Waals surface area contributed by atoms with E-state index in [0.29, 0.717) is 0 Å². The van der Waals surface area contributed by atoms with Crippen LogP contribution >= 0.6 is 0 Å². The lowest BCUT2D eigenvalue weighted by molar-refractivity contribution is 0.231. The van der Waals surface area contributed by atoms with E-state index in [9.17, 15) is 5.11 Å². The smallest absolute Gasteiger partial charge is 0.101 e. The Labute approximate surface area is 89.2 Å². The normalized spacial score (nSPS) is 14.4. The van der Waals surface area contributed by atoms with Crippen LogP contribution in [-0.2, 0) is 5.11 Å². The molecule has 0 aromatic rings. The fraction of sp³-hybridized carbons (Fsp3) is 0.846. The minimum absolute atomic E-state index is 0.0479. The van der Waals surface area contributed by atoms with Crippen LogP contribution in [0, 0.1) is 5.92 Å². The second-order valence-corrected chi connectivity index (χ2v) is 4.17. The second-order valence-electron chi connectivity index (χ2n) is 4.17. The zero-order valence-corrected chi connectivity index (χ0v) is 10.0. The molecule has 0 amide bonds. The third-order valence-electron chi connectivity index (χ3n) is 2.80. The third kappa shape index (κ3) is 7.14. The van der Waals surface area contributed by atoms with Crippen LogP contribution in [0.25, 0.3) is 0 Å². The van der Waals surface area contributed by atoms with Crippen LogP contribution in [-0.4, -0.2) is 6.61 Å². The molecule has 0 aromatic heterocycles. The van der Waals surface area contributed by atoms with Crippen molar-refractivity contribution in [3.8, 4) is 0 Å². The van der Waals surface area contributed by atoms with Crippen molar-refractivity contribution < 1.29 is 5.11 Å². The molecule has 1 nitrogen and oxygen atoms in total. The van der Waals surface area contributed by atoms with Gasteiger partial charge in [-0.2, -0.15) is 0 Å². The minimum Gasteiger partial charge on any atom is -0.232 e. The summed E-state index contributed by atoms with van der Waals surface area (Å²) in [4.78, 5) is 0. The molecule has 0 rings (SSSR count). The summed E-state index contributed by atoms with van der Waals surface area (Å²) in [5.74, 6) is 0.852. The summed E-state index contributed by atoms with van der Waals surface area (Å²) in [7, 11) is 0. The van der Waals surface area contributed by atoms with E-state index in [0.717, 1.165) is 18.8 Å². The largest absolute Gasteiger partial charge is 0.232 e. The summed E-state index contributed by atoms with van der Waals surface area (Å²) in [5, 5.41) is 10.4. The Hall–Kier alpha value is -0.300. The van der Waals surface area contributed by atoms with Gasteiger partial charge in [-0.15, -0.1) is 0 Å². The van der Waals surface area contributed by atoms with Gasteiger partial charge in [-0.3, -0.25) is 0 Å². The maximum Gasteiger partial charge on any atom is 0.101 e. The summed E-state index contributed by atoms with van der Waals surface area (Å²) in [6.07, 6.45) is 9.22. The lowest BCUT2D eigenvalue weighted by atomic mass is 9.96. The monoisotopic (exact) mass is 197 g/mol. The Morgan fingerprint density at radius 1 is 1.29 bits per heavy atom. The van der Waals surface area contributed by atoms with Crippen molar-refractivity contribution in [2.75, 3.05) is 6.61 Å². The number of allylic oxidation sites excluding steroid dienone is 1. The van der Waals surface area contributed by atoms with E-state index < -0.39 is 0 Å². The van der Waals surface area contributed by atoms with Gasteiger partial charge in [0.2, 0.25) is 0 Å². The Kier molecular flexibility index (Phi) is 9.06. The standard InChI is InChI=1S/C13H25O/c1-4-7-12(3)8-6-9-13(5-2)10-11-14/h10,12H,4-9,11H2,1-3H3/b13-10+. The number of hydrogen-bond donors (Lipinski definition) is 0. The molecule has 1 radical (unpaired) electrons. The molecule has 0 bridgehead atoms. The highest BCUT2D eigenvalue weighted by atomic mass is 16.2. The van der Waals surface area contributed by atoms with Gasteiger partial charge in [0.25, 0.3) is 0 Å². The maximum atomic E-state index is 10.4. The SMILES string of the molecule is CCCC(C)CCC/C(=C/C[O])CC. The Balaban J connectivity index is 3.55. The molecule has 0 aliphatic carbocycles. The average molecular weight is 197 g/mol. The number of hydrogen-bond acceptors (Lipinski definition) is 0. The van der Waals surface area contributed by atoms with Crippen molar-refractivity contribution in [3.63, 3.8) is 0 Å². The predicted molar refractivity (Wildman–Crippen MR) is 61.9 cm³/mol. The van der Waals surface area contributed by atoms with E-state index in [4.69, 9.17) is 0 Å². The van der Waals surface area contributed by atoms with Crippen LogP contribution < -0.4 is 0 Å². The molecule has 1 unspecified atom stereocenters. The lowest BCUT2D eigenvalue weighted by Crippen LogP contribution is -1.94. The van der Waals surface area contributed by atoms with Gasteiger partial charge in [0.1, 0.15) is 6.61 Å². The molecule has 1 atom stereocenters. The molecule has 83 valence electrons. The van der Waals surface area contributed by atoms with Crippen molar-refractivity contribution in [1.82, 2.24) is 0 Å². The van der Waals surface area contributed by atoms with E-state index in [-0.39, 0.29) is 6.61 Å². The quantitative estimate of drug-likeness (QED) is 0.515. The highest BCUT2D eigenvalue weighted by Crippen LogP contribution is 2.17. The molecule has 1 heteroatoms. The van der Waals surface area contributed by atoms with Gasteiger partial charge >= 0.3 is 0 Å². The molecule has 0 spiro atoms. The molecular weight excluding hydrogens is 172 g/mol. The maximum absolute atomic E-state index is 10.4. The van der Waals surface area contributed by atoms with Crippen molar-refractivity contribution in [3.05, 3.63) is 11.6 Å². The van der Waals surface area contributed by atoms with Crippen LogP contribution in [0.4, 0.5) is 0 Å². The summed E-state index contributed by atoms with van der Waals surface area (Å²) >= 11 is 0. The van der Waals surface area contributed by atoms with Gasteiger partial charge in [0, 0.05) is 0 Å². The van der Waals surface area contributed by atoms with Crippen LogP contribution in [0.5, 0.6) is 0 Å². The average Bonchev–Trinajstić information content (AvgIpc) is 2.17. The first kappa shape index (κ1) is 13.7. The van der Waals surface area contributed by atoms with E-state index in [2.05, 4.69) is 20.8 Å². The van der Waals surface area contributed by atoms with Crippen LogP contribution in [0.1, 0.15) is 59.3 Å². The highest BCUT2D eigenvalue weighted by molar-refractivity contribution is 5.00. The van der Waals surface area contributed by atoms with E-state index in [1.807, 2.05) is 6.08 Å². The summed E-state index contributed by atoms with van der Waals surface area (Å²) in [6, 6.07) is 0. The summed E-state index contributed by atoms with van der Waals surface area (Å²) in [5.41, 5.74) is 1.35. The van der Waals surface area contributed by atoms with Crippen LogP contribution in [0.2, 0.25) is 0 Å². The van der Waals surface area contributed by atoms with E-state index >= 15 is 0 Å². The van der Waals surface area contributed by atoms with Gasteiger partial charge in [-0.1, -0.05) is 51.7 Å². The zero-order valence-electron chi connectivity index (χ0n) is 10.0. The predicted octanol–water partition coefficient (Wildman–Crippen LogP) is 4.36.